The number of phosphoric acid groups is 2. The summed E-state index contributed by atoms with van der Waals surface area (Å²) in [6, 6.07) is 0.985. The van der Waals surface area contributed by atoms with Gasteiger partial charge in [-0.15, -0.1) is 0 Å². The Kier molecular flexibility index (Phi) is 7.50. The molecule has 0 amide bonds. The number of aromatic nitrogens is 2. The number of nitrogens with zero attached hydrogens (tertiary/aromatic N) is 1. The molecule has 28 heavy (non-hydrogen) atoms. The van der Waals surface area contributed by atoms with Crippen molar-refractivity contribution in [1.29, 1.82) is 0 Å². The second-order valence-electron chi connectivity index (χ2n) is 5.71. The third kappa shape index (κ3) is 5.91. The van der Waals surface area contributed by atoms with Crippen LogP contribution in [0, 0.1) is 0 Å². The molecule has 2 rings (SSSR count). The van der Waals surface area contributed by atoms with Crippen LogP contribution in [0.1, 0.15) is 19.6 Å². The van der Waals surface area contributed by atoms with E-state index in [2.05, 4.69) is 13.4 Å². The molecule has 0 aromatic carbocycles. The largest absolute Gasteiger partial charge is 0.481 e. The summed E-state index contributed by atoms with van der Waals surface area (Å²) in [4.78, 5) is 43.6. The lowest BCUT2D eigenvalue weighted by atomic mass is 10.1. The van der Waals surface area contributed by atoms with E-state index in [0.29, 0.717) is 6.42 Å². The van der Waals surface area contributed by atoms with E-state index >= 15 is 0 Å². The molecular formula is C12H20N2O12P2. The fourth-order valence-corrected chi connectivity index (χ4v) is 4.45. The minimum absolute atomic E-state index is 0.208. The number of hydrogen-bond donors (Lipinski definition) is 5. The van der Waals surface area contributed by atoms with E-state index in [1.54, 1.807) is 6.92 Å². The molecule has 160 valence electrons. The quantitative estimate of drug-likeness (QED) is 0.284. The van der Waals surface area contributed by atoms with Gasteiger partial charge in [-0.2, -0.15) is 4.31 Å². The highest BCUT2D eigenvalue weighted by Crippen LogP contribution is 2.60. The molecule has 16 heteroatoms. The normalized spacial score (nSPS) is 29.3. The van der Waals surface area contributed by atoms with Crippen molar-refractivity contribution >= 4 is 15.6 Å². The molecule has 0 radical (unpaired) electrons. The first-order valence-electron chi connectivity index (χ1n) is 7.95. The predicted molar refractivity (Wildman–Crippen MR) is 90.2 cm³/mol. The van der Waals surface area contributed by atoms with Crippen LogP contribution < -0.4 is 11.2 Å². The number of aliphatic hydroxyl groups is 2. The van der Waals surface area contributed by atoms with Crippen molar-refractivity contribution in [2.75, 3.05) is 13.2 Å². The molecule has 1 aliphatic rings. The average Bonchev–Trinajstić information content (AvgIpc) is 2.86. The number of aromatic amines is 1. The zero-order chi connectivity index (χ0) is 21.1. The van der Waals surface area contributed by atoms with Gasteiger partial charge in [-0.1, -0.05) is 6.92 Å². The van der Waals surface area contributed by atoms with Crippen molar-refractivity contribution in [3.63, 3.8) is 0 Å². The Morgan fingerprint density at radius 1 is 1.18 bits per heavy atom. The van der Waals surface area contributed by atoms with E-state index in [-0.39, 0.29) is 6.61 Å². The monoisotopic (exact) mass is 446 g/mol. The van der Waals surface area contributed by atoms with Crippen LogP contribution in [0.4, 0.5) is 0 Å². The molecule has 0 saturated carbocycles. The molecule has 1 aliphatic heterocycles. The molecular weight excluding hydrogens is 426 g/mol. The van der Waals surface area contributed by atoms with E-state index in [0.717, 1.165) is 16.8 Å². The zero-order valence-corrected chi connectivity index (χ0v) is 16.3. The molecule has 0 bridgehead atoms. The van der Waals surface area contributed by atoms with E-state index in [4.69, 9.17) is 4.74 Å². The predicted octanol–water partition coefficient (Wildman–Crippen LogP) is -1.18. The standard InChI is InChI=1S/C12H20N2O12P2/c1-2-5-23-27(19,20)26-28(21,22)24-6-7-9(16)10(17)11(25-7)14-4-3-8(15)13-12(14)18/h3-4,7,9-11,16-17H,2,5-6H2,1H3,(H,19,20)(H,21,22)(H,13,15,18)/t7-,9-,10-,11-/m1/s1. The Balaban J connectivity index is 2.03. The number of aliphatic hydroxyl groups excluding tert-OH is 2. The van der Waals surface area contributed by atoms with Gasteiger partial charge in [-0.05, 0) is 6.42 Å². The second kappa shape index (κ2) is 9.09. The van der Waals surface area contributed by atoms with Gasteiger partial charge in [0.15, 0.2) is 6.23 Å². The molecule has 14 nitrogen and oxygen atoms in total. The summed E-state index contributed by atoms with van der Waals surface area (Å²) in [6.07, 6.45) is -4.76. The van der Waals surface area contributed by atoms with Gasteiger partial charge in [0.1, 0.15) is 18.3 Å². The maximum Gasteiger partial charge on any atom is 0.481 e. The van der Waals surface area contributed by atoms with Gasteiger partial charge in [0.2, 0.25) is 0 Å². The number of rotatable bonds is 9. The number of ether oxygens (including phenoxy) is 1. The minimum atomic E-state index is -5.09. The van der Waals surface area contributed by atoms with E-state index in [9.17, 15) is 38.7 Å². The Hall–Kier alpha value is -1.18. The summed E-state index contributed by atoms with van der Waals surface area (Å²) in [6.45, 7) is 0.581. The van der Waals surface area contributed by atoms with Crippen LogP contribution in [0.5, 0.6) is 0 Å². The lowest BCUT2D eigenvalue weighted by Crippen LogP contribution is -2.37. The maximum absolute atomic E-state index is 11.8. The molecule has 2 unspecified atom stereocenters. The van der Waals surface area contributed by atoms with Gasteiger partial charge < -0.3 is 24.7 Å². The first-order chi connectivity index (χ1) is 13.0. The van der Waals surface area contributed by atoms with Crippen molar-refractivity contribution in [1.82, 2.24) is 9.55 Å². The Bertz CT molecular complexity index is 884. The molecule has 6 atom stereocenters. The summed E-state index contributed by atoms with van der Waals surface area (Å²) < 4.78 is 42.3. The average molecular weight is 446 g/mol. The summed E-state index contributed by atoms with van der Waals surface area (Å²) in [5.41, 5.74) is -1.61. The van der Waals surface area contributed by atoms with E-state index < -0.39 is 58.0 Å². The van der Waals surface area contributed by atoms with Crippen molar-refractivity contribution < 1.29 is 47.2 Å². The van der Waals surface area contributed by atoms with Gasteiger partial charge >= 0.3 is 21.3 Å². The first-order valence-corrected chi connectivity index (χ1v) is 10.9. The zero-order valence-electron chi connectivity index (χ0n) is 14.5. The van der Waals surface area contributed by atoms with Crippen LogP contribution in [0.25, 0.3) is 0 Å². The Labute approximate surface area is 157 Å². The number of H-pyrrole nitrogens is 1. The summed E-state index contributed by atoms with van der Waals surface area (Å²) in [5, 5.41) is 20.0. The smallest absolute Gasteiger partial charge is 0.387 e. The maximum atomic E-state index is 11.8. The van der Waals surface area contributed by atoms with Gasteiger partial charge in [-0.25, -0.2) is 13.9 Å². The number of nitrogens with one attached hydrogen (secondary N) is 1. The number of hydrogen-bond acceptors (Lipinski definition) is 10. The van der Waals surface area contributed by atoms with Crippen LogP contribution in [0.2, 0.25) is 0 Å². The Morgan fingerprint density at radius 2 is 1.82 bits per heavy atom. The fourth-order valence-electron chi connectivity index (χ4n) is 2.28. The topological polar surface area (TPSA) is 207 Å². The van der Waals surface area contributed by atoms with Crippen LogP contribution in [0.3, 0.4) is 0 Å². The highest BCUT2D eigenvalue weighted by Gasteiger charge is 2.46. The van der Waals surface area contributed by atoms with E-state index in [1.807, 2.05) is 4.98 Å². The van der Waals surface area contributed by atoms with Crippen molar-refractivity contribution in [2.24, 2.45) is 0 Å². The number of phosphoric ester groups is 2. The fraction of sp³-hybridized carbons (Fsp3) is 0.667. The SMILES string of the molecule is CCCOP(=O)(O)OP(=O)(O)OC[C@H]1O[C@@H](n2ccc(=O)[nH]c2=O)[C@H](O)[C@@H]1O. The van der Waals surface area contributed by atoms with Gasteiger partial charge in [0.05, 0.1) is 13.2 Å². The highest BCUT2D eigenvalue weighted by atomic mass is 31.3. The molecule has 0 spiro atoms. The highest BCUT2D eigenvalue weighted by molar-refractivity contribution is 7.61. The summed E-state index contributed by atoms with van der Waals surface area (Å²) in [7, 11) is -9.95. The molecule has 1 fully saturated rings. The lowest BCUT2D eigenvalue weighted by Gasteiger charge is -2.19. The molecule has 1 saturated heterocycles. The molecule has 0 aliphatic carbocycles. The van der Waals surface area contributed by atoms with Gasteiger partial charge in [0.25, 0.3) is 5.56 Å². The molecule has 1 aromatic rings. The lowest BCUT2D eigenvalue weighted by molar-refractivity contribution is -0.0543. The minimum Gasteiger partial charge on any atom is -0.387 e. The van der Waals surface area contributed by atoms with E-state index in [1.165, 1.54) is 0 Å². The summed E-state index contributed by atoms with van der Waals surface area (Å²) in [5.74, 6) is 0. The van der Waals surface area contributed by atoms with Crippen LogP contribution in [-0.2, 0) is 27.2 Å². The van der Waals surface area contributed by atoms with Crippen LogP contribution in [0.15, 0.2) is 21.9 Å². The van der Waals surface area contributed by atoms with Gasteiger partial charge in [-0.3, -0.25) is 23.4 Å². The second-order valence-corrected chi connectivity index (χ2v) is 8.76. The van der Waals surface area contributed by atoms with Crippen LogP contribution in [-0.4, -0.2) is 61.1 Å². The van der Waals surface area contributed by atoms with Crippen molar-refractivity contribution in [2.45, 2.75) is 37.9 Å². The summed E-state index contributed by atoms with van der Waals surface area (Å²) >= 11 is 0. The molecule has 5 N–H and O–H groups in total. The third-order valence-corrected chi connectivity index (χ3v) is 6.16. The van der Waals surface area contributed by atoms with Gasteiger partial charge in [0, 0.05) is 12.3 Å². The van der Waals surface area contributed by atoms with Crippen LogP contribution >= 0.6 is 15.6 Å². The first kappa shape index (κ1) is 23.1. The van der Waals surface area contributed by atoms with Crippen molar-refractivity contribution in [3.8, 4) is 0 Å². The Morgan fingerprint density at radius 3 is 2.43 bits per heavy atom. The third-order valence-electron chi connectivity index (χ3n) is 3.53. The molecule has 1 aromatic heterocycles. The van der Waals surface area contributed by atoms with Crippen molar-refractivity contribution in [3.05, 3.63) is 33.1 Å². The molecule has 2 heterocycles.